The van der Waals surface area contributed by atoms with E-state index in [1.807, 2.05) is 17.0 Å². The Bertz CT molecular complexity index is 514. The molecule has 1 aliphatic heterocycles. The van der Waals surface area contributed by atoms with Gasteiger partial charge in [-0.25, -0.2) is 0 Å². The third-order valence-corrected chi connectivity index (χ3v) is 5.27. The summed E-state index contributed by atoms with van der Waals surface area (Å²) >= 11 is 0. The van der Waals surface area contributed by atoms with E-state index >= 15 is 0 Å². The fourth-order valence-corrected chi connectivity index (χ4v) is 3.88. The van der Waals surface area contributed by atoms with Gasteiger partial charge in [0.2, 0.25) is 0 Å². The molecule has 1 aliphatic carbocycles. The maximum Gasteiger partial charge on any atom is 0.253 e. The molecule has 1 aromatic rings. The minimum atomic E-state index is 0. The molecular weight excluding hydrogens is 296 g/mol. The van der Waals surface area contributed by atoms with Crippen LogP contribution in [0.15, 0.2) is 24.3 Å². The average Bonchev–Trinajstić information content (AvgIpc) is 2.92. The van der Waals surface area contributed by atoms with E-state index in [9.17, 15) is 4.79 Å². The number of benzene rings is 1. The average molecular weight is 323 g/mol. The largest absolute Gasteiger partial charge is 0.338 e. The summed E-state index contributed by atoms with van der Waals surface area (Å²) in [6.07, 6.45) is 3.56. The van der Waals surface area contributed by atoms with Gasteiger partial charge in [0.05, 0.1) is 0 Å². The predicted octanol–water partition coefficient (Wildman–Crippen LogP) is 3.43. The second kappa shape index (κ2) is 7.01. The molecule has 0 radical (unpaired) electrons. The quantitative estimate of drug-likeness (QED) is 0.906. The molecule has 4 heteroatoms. The van der Waals surface area contributed by atoms with E-state index in [0.717, 1.165) is 25.1 Å². The standard InChI is InChI=1S/C18H26N2O.ClH/c1-12(2)13-6-8-14(9-7-13)18(21)20-10-15-4-3-5-17(19)16(15)11-20;/h6-9,12,15-17H,3-5,10-11,19H2,1-2H3;1H. The van der Waals surface area contributed by atoms with Gasteiger partial charge in [-0.05, 0) is 48.3 Å². The molecule has 1 saturated carbocycles. The van der Waals surface area contributed by atoms with Crippen LogP contribution in [-0.4, -0.2) is 29.9 Å². The Hall–Kier alpha value is -1.06. The Labute approximate surface area is 139 Å². The fraction of sp³-hybridized carbons (Fsp3) is 0.611. The van der Waals surface area contributed by atoms with Crippen LogP contribution in [0, 0.1) is 11.8 Å². The molecule has 0 spiro atoms. The van der Waals surface area contributed by atoms with Gasteiger partial charge < -0.3 is 10.6 Å². The molecule has 2 N–H and O–H groups in total. The van der Waals surface area contributed by atoms with Gasteiger partial charge in [0, 0.05) is 24.7 Å². The highest BCUT2D eigenvalue weighted by Gasteiger charge is 2.40. The van der Waals surface area contributed by atoms with Gasteiger partial charge in [0.25, 0.3) is 5.91 Å². The van der Waals surface area contributed by atoms with Crippen LogP contribution in [-0.2, 0) is 0 Å². The van der Waals surface area contributed by atoms with Crippen LogP contribution in [0.3, 0.4) is 0 Å². The molecule has 3 nitrogen and oxygen atoms in total. The Morgan fingerprint density at radius 1 is 1.18 bits per heavy atom. The maximum absolute atomic E-state index is 12.7. The molecule has 1 saturated heterocycles. The minimum absolute atomic E-state index is 0. The minimum Gasteiger partial charge on any atom is -0.338 e. The number of rotatable bonds is 2. The summed E-state index contributed by atoms with van der Waals surface area (Å²) in [4.78, 5) is 14.7. The van der Waals surface area contributed by atoms with Crippen molar-refractivity contribution in [3.05, 3.63) is 35.4 Å². The second-order valence-corrected chi connectivity index (χ2v) is 7.01. The molecule has 3 atom stereocenters. The summed E-state index contributed by atoms with van der Waals surface area (Å²) in [7, 11) is 0. The van der Waals surface area contributed by atoms with Crippen LogP contribution in [0.1, 0.15) is 54.9 Å². The summed E-state index contributed by atoms with van der Waals surface area (Å²) in [5.41, 5.74) is 8.33. The molecule has 3 rings (SSSR count). The molecule has 22 heavy (non-hydrogen) atoms. The Morgan fingerprint density at radius 2 is 1.86 bits per heavy atom. The first-order valence-corrected chi connectivity index (χ1v) is 8.21. The molecular formula is C18H27ClN2O. The molecule has 0 bridgehead atoms. The highest BCUT2D eigenvalue weighted by atomic mass is 35.5. The van der Waals surface area contributed by atoms with E-state index in [1.54, 1.807) is 0 Å². The van der Waals surface area contributed by atoms with Crippen LogP contribution in [0.4, 0.5) is 0 Å². The van der Waals surface area contributed by atoms with E-state index in [0.29, 0.717) is 17.8 Å². The lowest BCUT2D eigenvalue weighted by molar-refractivity contribution is 0.0783. The number of nitrogens with two attached hydrogens (primary N) is 1. The SMILES string of the molecule is CC(C)c1ccc(C(=O)N2CC3CCCC(N)C3C2)cc1.Cl. The number of likely N-dealkylation sites (tertiary alicyclic amines) is 1. The van der Waals surface area contributed by atoms with Crippen molar-refractivity contribution in [3.8, 4) is 0 Å². The number of hydrogen-bond donors (Lipinski definition) is 1. The molecule has 2 aliphatic rings. The van der Waals surface area contributed by atoms with Crippen LogP contribution in [0.5, 0.6) is 0 Å². The van der Waals surface area contributed by atoms with Crippen molar-refractivity contribution in [2.75, 3.05) is 13.1 Å². The molecule has 2 fully saturated rings. The van der Waals surface area contributed by atoms with E-state index in [-0.39, 0.29) is 24.4 Å². The van der Waals surface area contributed by atoms with Crippen molar-refractivity contribution in [3.63, 3.8) is 0 Å². The van der Waals surface area contributed by atoms with Crippen molar-refractivity contribution in [1.82, 2.24) is 4.90 Å². The number of nitrogens with zero attached hydrogens (tertiary/aromatic N) is 1. The van der Waals surface area contributed by atoms with Crippen LogP contribution >= 0.6 is 12.4 Å². The molecule has 1 aromatic carbocycles. The molecule has 3 unspecified atom stereocenters. The highest BCUT2D eigenvalue weighted by molar-refractivity contribution is 5.94. The highest BCUT2D eigenvalue weighted by Crippen LogP contribution is 2.36. The topological polar surface area (TPSA) is 46.3 Å². The van der Waals surface area contributed by atoms with Crippen LogP contribution in [0.2, 0.25) is 0 Å². The zero-order valence-electron chi connectivity index (χ0n) is 13.5. The zero-order chi connectivity index (χ0) is 15.0. The Kier molecular flexibility index (Phi) is 5.51. The zero-order valence-corrected chi connectivity index (χ0v) is 14.3. The summed E-state index contributed by atoms with van der Waals surface area (Å²) < 4.78 is 0. The molecule has 1 heterocycles. The first-order valence-electron chi connectivity index (χ1n) is 8.21. The fourth-order valence-electron chi connectivity index (χ4n) is 3.88. The van der Waals surface area contributed by atoms with Crippen LogP contribution < -0.4 is 5.73 Å². The predicted molar refractivity (Wildman–Crippen MR) is 92.5 cm³/mol. The monoisotopic (exact) mass is 322 g/mol. The van der Waals surface area contributed by atoms with Crippen molar-refractivity contribution >= 4 is 18.3 Å². The first kappa shape index (κ1) is 17.3. The number of carbonyl (C=O) groups is 1. The number of halogens is 1. The van der Waals surface area contributed by atoms with Gasteiger partial charge in [-0.2, -0.15) is 0 Å². The van der Waals surface area contributed by atoms with Crippen molar-refractivity contribution in [1.29, 1.82) is 0 Å². The Morgan fingerprint density at radius 3 is 2.45 bits per heavy atom. The van der Waals surface area contributed by atoms with E-state index in [1.165, 1.54) is 18.4 Å². The lowest BCUT2D eigenvalue weighted by Crippen LogP contribution is -2.38. The molecule has 0 aromatic heterocycles. The summed E-state index contributed by atoms with van der Waals surface area (Å²) in [6, 6.07) is 8.38. The van der Waals surface area contributed by atoms with E-state index in [4.69, 9.17) is 5.73 Å². The number of carbonyl (C=O) groups excluding carboxylic acids is 1. The summed E-state index contributed by atoms with van der Waals surface area (Å²) in [5.74, 6) is 1.80. The van der Waals surface area contributed by atoms with Crippen LogP contribution in [0.25, 0.3) is 0 Å². The summed E-state index contributed by atoms with van der Waals surface area (Å²) in [5, 5.41) is 0. The van der Waals surface area contributed by atoms with E-state index < -0.39 is 0 Å². The Balaban J connectivity index is 0.00000176. The van der Waals surface area contributed by atoms with Gasteiger partial charge in [-0.1, -0.05) is 32.4 Å². The van der Waals surface area contributed by atoms with Crippen molar-refractivity contribution in [2.45, 2.75) is 45.1 Å². The lowest BCUT2D eigenvalue weighted by Gasteiger charge is -2.29. The molecule has 122 valence electrons. The van der Waals surface area contributed by atoms with Gasteiger partial charge in [-0.3, -0.25) is 4.79 Å². The third-order valence-electron chi connectivity index (χ3n) is 5.27. The third kappa shape index (κ3) is 3.31. The van der Waals surface area contributed by atoms with Crippen molar-refractivity contribution in [2.24, 2.45) is 17.6 Å². The van der Waals surface area contributed by atoms with Gasteiger partial charge in [0.1, 0.15) is 0 Å². The van der Waals surface area contributed by atoms with Crippen molar-refractivity contribution < 1.29 is 4.79 Å². The van der Waals surface area contributed by atoms with E-state index in [2.05, 4.69) is 26.0 Å². The second-order valence-electron chi connectivity index (χ2n) is 7.01. The van der Waals surface area contributed by atoms with Gasteiger partial charge in [0.15, 0.2) is 0 Å². The van der Waals surface area contributed by atoms with Gasteiger partial charge in [-0.15, -0.1) is 12.4 Å². The van der Waals surface area contributed by atoms with Gasteiger partial charge >= 0.3 is 0 Å². The number of fused-ring (bicyclic) bond motifs is 1. The number of amides is 1. The first-order chi connectivity index (χ1) is 10.1. The smallest absolute Gasteiger partial charge is 0.253 e. The number of hydrogen-bond acceptors (Lipinski definition) is 2. The normalized spacial score (nSPS) is 27.5. The summed E-state index contributed by atoms with van der Waals surface area (Å²) in [6.45, 7) is 6.08. The lowest BCUT2D eigenvalue weighted by atomic mass is 9.78. The maximum atomic E-state index is 12.7. The molecule has 1 amide bonds.